The molecule has 1 unspecified atom stereocenters. The Bertz CT molecular complexity index is 379. The van der Waals surface area contributed by atoms with Crippen molar-refractivity contribution in [1.29, 1.82) is 0 Å². The molecule has 0 bridgehead atoms. The Morgan fingerprint density at radius 3 is 2.83 bits per heavy atom. The van der Waals surface area contributed by atoms with Gasteiger partial charge in [-0.3, -0.25) is 4.79 Å². The molecular weight excluding hydrogens is 234 g/mol. The van der Waals surface area contributed by atoms with Gasteiger partial charge in [-0.25, -0.2) is 0 Å². The Hall–Kier alpha value is -1.63. The molecule has 0 fully saturated rings. The van der Waals surface area contributed by atoms with E-state index in [1.165, 1.54) is 0 Å². The van der Waals surface area contributed by atoms with Crippen molar-refractivity contribution >= 4 is 11.9 Å². The summed E-state index contributed by atoms with van der Waals surface area (Å²) in [6, 6.07) is 0.360. The van der Waals surface area contributed by atoms with E-state index in [0.717, 1.165) is 13.0 Å². The lowest BCUT2D eigenvalue weighted by Crippen LogP contribution is -2.33. The van der Waals surface area contributed by atoms with E-state index in [1.54, 1.807) is 19.0 Å². The molecule has 0 aliphatic heterocycles. The molecular formula is C11H21N5O2. The molecule has 1 aromatic rings. The van der Waals surface area contributed by atoms with E-state index >= 15 is 0 Å². The van der Waals surface area contributed by atoms with E-state index in [9.17, 15) is 4.79 Å². The zero-order chi connectivity index (χ0) is 13.5. The summed E-state index contributed by atoms with van der Waals surface area (Å²) in [4.78, 5) is 12.8. The van der Waals surface area contributed by atoms with Gasteiger partial charge in [0.15, 0.2) is 0 Å². The maximum Gasteiger partial charge on any atom is 0.318 e. The predicted molar refractivity (Wildman–Crippen MR) is 68.3 cm³/mol. The van der Waals surface area contributed by atoms with Gasteiger partial charge in [-0.15, -0.1) is 5.10 Å². The van der Waals surface area contributed by atoms with Gasteiger partial charge >= 0.3 is 6.01 Å². The van der Waals surface area contributed by atoms with Crippen LogP contribution < -0.4 is 15.5 Å². The Morgan fingerprint density at radius 1 is 1.50 bits per heavy atom. The third-order valence-corrected chi connectivity index (χ3v) is 2.49. The third-order valence-electron chi connectivity index (χ3n) is 2.49. The zero-order valence-electron chi connectivity index (χ0n) is 11.4. The molecule has 0 saturated heterocycles. The average Bonchev–Trinajstić information content (AvgIpc) is 2.85. The van der Waals surface area contributed by atoms with Crippen molar-refractivity contribution in [2.45, 2.75) is 26.3 Å². The van der Waals surface area contributed by atoms with E-state index in [-0.39, 0.29) is 18.5 Å². The first-order valence-electron chi connectivity index (χ1n) is 6.07. The normalized spacial score (nSPS) is 12.2. The minimum atomic E-state index is -0.102. The molecule has 7 nitrogen and oxygen atoms in total. The Kier molecular flexibility index (Phi) is 5.57. The number of carbonyl (C=O) groups is 1. The topological polar surface area (TPSA) is 83.3 Å². The Labute approximate surface area is 107 Å². The molecule has 1 aromatic heterocycles. The van der Waals surface area contributed by atoms with Gasteiger partial charge in [-0.05, 0) is 19.9 Å². The first-order chi connectivity index (χ1) is 8.58. The second kappa shape index (κ2) is 6.95. The first kappa shape index (κ1) is 14.4. The van der Waals surface area contributed by atoms with Crippen LogP contribution in [0.5, 0.6) is 0 Å². The molecule has 18 heavy (non-hydrogen) atoms. The first-order valence-corrected chi connectivity index (χ1v) is 6.07. The number of rotatable bonds is 7. The molecule has 0 aliphatic rings. The van der Waals surface area contributed by atoms with E-state index in [4.69, 9.17) is 4.42 Å². The smallest absolute Gasteiger partial charge is 0.318 e. The van der Waals surface area contributed by atoms with E-state index in [0.29, 0.717) is 11.9 Å². The molecule has 1 heterocycles. The van der Waals surface area contributed by atoms with Crippen LogP contribution in [-0.2, 0) is 4.79 Å². The van der Waals surface area contributed by atoms with Gasteiger partial charge in [0.25, 0.3) is 0 Å². The van der Waals surface area contributed by atoms with E-state index in [2.05, 4.69) is 27.8 Å². The van der Waals surface area contributed by atoms with E-state index < -0.39 is 0 Å². The fourth-order valence-electron chi connectivity index (χ4n) is 1.37. The highest BCUT2D eigenvalue weighted by molar-refractivity contribution is 5.80. The van der Waals surface area contributed by atoms with Gasteiger partial charge in [-0.1, -0.05) is 12.0 Å². The molecule has 0 aliphatic carbocycles. The standard InChI is InChI=1S/C11H21N5O2/c1-5-6-13-8(2)10-14-15-11(18-10)16(4)7-9(17)12-3/h8,13H,5-7H2,1-4H3,(H,12,17). The van der Waals surface area contributed by atoms with Crippen molar-refractivity contribution < 1.29 is 9.21 Å². The number of hydrogen-bond acceptors (Lipinski definition) is 6. The average molecular weight is 255 g/mol. The summed E-state index contributed by atoms with van der Waals surface area (Å²) in [5.41, 5.74) is 0. The lowest BCUT2D eigenvalue weighted by atomic mass is 10.3. The summed E-state index contributed by atoms with van der Waals surface area (Å²) in [5.74, 6) is 0.427. The molecule has 7 heteroatoms. The SMILES string of the molecule is CCCNC(C)c1nnc(N(C)CC(=O)NC)o1. The predicted octanol–water partition coefficient (Wildman–Crippen LogP) is 0.312. The van der Waals surface area contributed by atoms with Crippen LogP contribution in [0.15, 0.2) is 4.42 Å². The molecule has 0 saturated carbocycles. The number of likely N-dealkylation sites (N-methyl/N-ethyl adjacent to an activating group) is 2. The molecule has 1 amide bonds. The van der Waals surface area contributed by atoms with Crippen molar-refractivity contribution in [3.8, 4) is 0 Å². The monoisotopic (exact) mass is 255 g/mol. The molecule has 0 aromatic carbocycles. The Balaban J connectivity index is 2.59. The second-order valence-electron chi connectivity index (χ2n) is 4.13. The number of aromatic nitrogens is 2. The summed E-state index contributed by atoms with van der Waals surface area (Å²) in [6.07, 6.45) is 1.04. The summed E-state index contributed by atoms with van der Waals surface area (Å²) in [5, 5.41) is 13.7. The highest BCUT2D eigenvalue weighted by Crippen LogP contribution is 2.15. The lowest BCUT2D eigenvalue weighted by Gasteiger charge is -2.12. The largest absolute Gasteiger partial charge is 0.406 e. The molecule has 1 rings (SSSR count). The number of nitrogens with one attached hydrogen (secondary N) is 2. The molecule has 1 atom stereocenters. The number of hydrogen-bond donors (Lipinski definition) is 2. The summed E-state index contributed by atoms with van der Waals surface area (Å²) < 4.78 is 5.51. The fraction of sp³-hybridized carbons (Fsp3) is 0.727. The van der Waals surface area contributed by atoms with Gasteiger partial charge in [0, 0.05) is 14.1 Å². The highest BCUT2D eigenvalue weighted by Gasteiger charge is 2.16. The molecule has 2 N–H and O–H groups in total. The van der Waals surface area contributed by atoms with Crippen LogP contribution >= 0.6 is 0 Å². The van der Waals surface area contributed by atoms with Crippen LogP contribution in [0.25, 0.3) is 0 Å². The second-order valence-corrected chi connectivity index (χ2v) is 4.13. The minimum absolute atomic E-state index is 0.0135. The van der Waals surface area contributed by atoms with Crippen LogP contribution in [0.4, 0.5) is 6.01 Å². The van der Waals surface area contributed by atoms with Gasteiger partial charge < -0.3 is 20.0 Å². The highest BCUT2D eigenvalue weighted by atomic mass is 16.4. The molecule has 0 spiro atoms. The number of carbonyl (C=O) groups excluding carboxylic acids is 1. The maximum absolute atomic E-state index is 11.2. The third kappa shape index (κ3) is 3.99. The van der Waals surface area contributed by atoms with Crippen LogP contribution in [0, 0.1) is 0 Å². The molecule has 0 radical (unpaired) electrons. The fourth-order valence-corrected chi connectivity index (χ4v) is 1.37. The van der Waals surface area contributed by atoms with Crippen molar-refractivity contribution in [1.82, 2.24) is 20.8 Å². The van der Waals surface area contributed by atoms with Crippen molar-refractivity contribution in [3.05, 3.63) is 5.89 Å². The van der Waals surface area contributed by atoms with Gasteiger partial charge in [0.2, 0.25) is 11.8 Å². The summed E-state index contributed by atoms with van der Waals surface area (Å²) in [7, 11) is 3.32. The molecule has 102 valence electrons. The minimum Gasteiger partial charge on any atom is -0.406 e. The van der Waals surface area contributed by atoms with Crippen LogP contribution in [-0.4, -0.2) is 43.3 Å². The summed E-state index contributed by atoms with van der Waals surface area (Å²) >= 11 is 0. The van der Waals surface area contributed by atoms with E-state index in [1.807, 2.05) is 6.92 Å². The van der Waals surface area contributed by atoms with Crippen LogP contribution in [0.1, 0.15) is 32.2 Å². The van der Waals surface area contributed by atoms with Crippen LogP contribution in [0.2, 0.25) is 0 Å². The quantitative estimate of drug-likeness (QED) is 0.729. The number of nitrogens with zero attached hydrogens (tertiary/aromatic N) is 3. The van der Waals surface area contributed by atoms with Gasteiger partial charge in [-0.2, -0.15) is 0 Å². The zero-order valence-corrected chi connectivity index (χ0v) is 11.4. The lowest BCUT2D eigenvalue weighted by molar-refractivity contribution is -0.119. The summed E-state index contributed by atoms with van der Waals surface area (Å²) in [6.45, 7) is 5.14. The van der Waals surface area contributed by atoms with Crippen molar-refractivity contribution in [2.24, 2.45) is 0 Å². The van der Waals surface area contributed by atoms with Crippen molar-refractivity contribution in [2.75, 3.05) is 32.1 Å². The van der Waals surface area contributed by atoms with Crippen LogP contribution in [0.3, 0.4) is 0 Å². The number of amides is 1. The van der Waals surface area contributed by atoms with Gasteiger partial charge in [0.05, 0.1) is 6.04 Å². The Morgan fingerprint density at radius 2 is 2.22 bits per heavy atom. The number of anilines is 1. The maximum atomic E-state index is 11.2. The van der Waals surface area contributed by atoms with Crippen molar-refractivity contribution in [3.63, 3.8) is 0 Å². The van der Waals surface area contributed by atoms with Gasteiger partial charge in [0.1, 0.15) is 6.54 Å².